The lowest BCUT2D eigenvalue weighted by molar-refractivity contribution is 0.0699. The minimum absolute atomic E-state index is 0.0808. The molecule has 6 nitrogen and oxygen atoms in total. The largest absolute Gasteiger partial charge is 0.497 e. The fourth-order valence-corrected chi connectivity index (χ4v) is 4.17. The van der Waals surface area contributed by atoms with Crippen molar-refractivity contribution in [3.8, 4) is 16.9 Å². The number of aromatic carboxylic acids is 1. The van der Waals surface area contributed by atoms with Crippen molar-refractivity contribution in [3.05, 3.63) is 70.6 Å². The molecule has 2 amide bonds. The molecule has 0 fully saturated rings. The number of benzene rings is 2. The highest BCUT2D eigenvalue weighted by molar-refractivity contribution is 7.15. The van der Waals surface area contributed by atoms with Gasteiger partial charge in [-0.2, -0.15) is 0 Å². The standard InChI is InChI=1S/C20H13NO5S/c1-26-12-6-4-5-11(9-12)15-10-27-19(16(15)20(24)25)21-17(22)13-7-2-3-8-14(13)18(21)23/h2-10H,1H3,(H,24,25). The summed E-state index contributed by atoms with van der Waals surface area (Å²) < 4.78 is 5.20. The predicted molar refractivity (Wildman–Crippen MR) is 101 cm³/mol. The van der Waals surface area contributed by atoms with Crippen LogP contribution in [0.1, 0.15) is 31.1 Å². The van der Waals surface area contributed by atoms with Crippen LogP contribution in [0.4, 0.5) is 5.00 Å². The molecule has 7 heteroatoms. The number of carbonyl (C=O) groups excluding carboxylic acids is 2. The van der Waals surface area contributed by atoms with Crippen LogP contribution in [0.15, 0.2) is 53.9 Å². The number of carboxylic acid groups (broad SMARTS) is 1. The Morgan fingerprint density at radius 2 is 1.67 bits per heavy atom. The highest BCUT2D eigenvalue weighted by atomic mass is 32.1. The molecule has 0 saturated carbocycles. The summed E-state index contributed by atoms with van der Waals surface area (Å²) in [6.07, 6.45) is 0. The third kappa shape index (κ3) is 2.60. The number of nitrogens with zero attached hydrogens (tertiary/aromatic N) is 1. The van der Waals surface area contributed by atoms with Gasteiger partial charge < -0.3 is 9.84 Å². The van der Waals surface area contributed by atoms with Crippen LogP contribution in [-0.4, -0.2) is 30.0 Å². The van der Waals surface area contributed by atoms with Crippen molar-refractivity contribution >= 4 is 34.1 Å². The van der Waals surface area contributed by atoms with E-state index in [9.17, 15) is 19.5 Å². The Kier molecular flexibility index (Phi) is 4.01. The lowest BCUT2D eigenvalue weighted by atomic mass is 10.0. The van der Waals surface area contributed by atoms with Crippen LogP contribution in [0, 0.1) is 0 Å². The van der Waals surface area contributed by atoms with Crippen molar-refractivity contribution in [2.45, 2.75) is 0 Å². The van der Waals surface area contributed by atoms with Gasteiger partial charge in [-0.1, -0.05) is 24.3 Å². The van der Waals surface area contributed by atoms with Crippen molar-refractivity contribution in [2.24, 2.45) is 0 Å². The molecule has 3 aromatic rings. The molecule has 2 aromatic carbocycles. The first-order valence-corrected chi connectivity index (χ1v) is 8.88. The molecule has 1 N–H and O–H groups in total. The highest BCUT2D eigenvalue weighted by Gasteiger charge is 2.39. The Morgan fingerprint density at radius 1 is 1.00 bits per heavy atom. The second-order valence-corrected chi connectivity index (χ2v) is 6.72. The lowest BCUT2D eigenvalue weighted by Crippen LogP contribution is -2.30. The first-order chi connectivity index (χ1) is 13.0. The Bertz CT molecular complexity index is 1070. The number of thiophene rings is 1. The van der Waals surface area contributed by atoms with E-state index in [2.05, 4.69) is 0 Å². The van der Waals surface area contributed by atoms with Gasteiger partial charge in [0.15, 0.2) is 0 Å². The van der Waals surface area contributed by atoms with Crippen molar-refractivity contribution < 1.29 is 24.2 Å². The number of hydrogen-bond acceptors (Lipinski definition) is 5. The van der Waals surface area contributed by atoms with E-state index in [4.69, 9.17) is 4.74 Å². The topological polar surface area (TPSA) is 83.9 Å². The first-order valence-electron chi connectivity index (χ1n) is 8.00. The van der Waals surface area contributed by atoms with Crippen LogP contribution >= 0.6 is 11.3 Å². The zero-order chi connectivity index (χ0) is 19.1. The van der Waals surface area contributed by atoms with Crippen LogP contribution < -0.4 is 9.64 Å². The summed E-state index contributed by atoms with van der Waals surface area (Å²) in [4.78, 5) is 38.4. The molecular weight excluding hydrogens is 366 g/mol. The third-order valence-electron chi connectivity index (χ3n) is 4.36. The van der Waals surface area contributed by atoms with Crippen LogP contribution in [-0.2, 0) is 0 Å². The number of carboxylic acids is 1. The molecule has 4 rings (SSSR count). The lowest BCUT2D eigenvalue weighted by Gasteiger charge is -2.13. The molecular formula is C20H13NO5S. The minimum atomic E-state index is -1.21. The zero-order valence-electron chi connectivity index (χ0n) is 14.1. The van der Waals surface area contributed by atoms with Gasteiger partial charge in [-0.05, 0) is 29.8 Å². The van der Waals surface area contributed by atoms with E-state index >= 15 is 0 Å². The number of anilines is 1. The predicted octanol–water partition coefficient (Wildman–Crippen LogP) is 3.92. The number of ether oxygens (including phenoxy) is 1. The summed E-state index contributed by atoms with van der Waals surface area (Å²) >= 11 is 1.05. The van der Waals surface area contributed by atoms with E-state index in [1.807, 2.05) is 0 Å². The molecule has 0 aliphatic carbocycles. The van der Waals surface area contributed by atoms with Gasteiger partial charge in [-0.3, -0.25) is 9.59 Å². The zero-order valence-corrected chi connectivity index (χ0v) is 14.9. The average molecular weight is 379 g/mol. The number of rotatable bonds is 4. The van der Waals surface area contributed by atoms with E-state index < -0.39 is 17.8 Å². The van der Waals surface area contributed by atoms with Gasteiger partial charge in [0.2, 0.25) is 0 Å². The van der Waals surface area contributed by atoms with Crippen molar-refractivity contribution in [1.29, 1.82) is 0 Å². The third-order valence-corrected chi connectivity index (χ3v) is 5.33. The Balaban J connectivity index is 1.86. The van der Waals surface area contributed by atoms with Gasteiger partial charge in [0.05, 0.1) is 18.2 Å². The molecule has 1 aliphatic rings. The smallest absolute Gasteiger partial charge is 0.339 e. The molecule has 0 unspecified atom stereocenters. The molecule has 0 atom stereocenters. The summed E-state index contributed by atoms with van der Waals surface area (Å²) in [5, 5.41) is 11.5. The first kappa shape index (κ1) is 17.0. The second kappa shape index (κ2) is 6.37. The Morgan fingerprint density at radius 3 is 2.26 bits per heavy atom. The van der Waals surface area contributed by atoms with Gasteiger partial charge in [0.1, 0.15) is 16.3 Å². The Labute approximate surface area is 158 Å². The molecule has 134 valence electrons. The summed E-state index contributed by atoms with van der Waals surface area (Å²) in [5.41, 5.74) is 1.52. The van der Waals surface area contributed by atoms with Crippen LogP contribution in [0.3, 0.4) is 0 Å². The number of imide groups is 1. The average Bonchev–Trinajstić information content (AvgIpc) is 3.22. The second-order valence-electron chi connectivity index (χ2n) is 5.86. The van der Waals surface area contributed by atoms with Gasteiger partial charge in [-0.25, -0.2) is 9.69 Å². The number of methoxy groups -OCH3 is 1. The van der Waals surface area contributed by atoms with E-state index in [1.54, 1.807) is 53.9 Å². The van der Waals surface area contributed by atoms with Crippen LogP contribution in [0.5, 0.6) is 5.75 Å². The molecule has 0 radical (unpaired) electrons. The fourth-order valence-electron chi connectivity index (χ4n) is 3.10. The fraction of sp³-hybridized carbons (Fsp3) is 0.0500. The monoisotopic (exact) mass is 379 g/mol. The molecule has 2 heterocycles. The summed E-state index contributed by atoms with van der Waals surface area (Å²) in [6, 6.07) is 13.4. The maximum absolute atomic E-state index is 12.7. The molecule has 0 bridgehead atoms. The summed E-state index contributed by atoms with van der Waals surface area (Å²) in [6.45, 7) is 0. The number of fused-ring (bicyclic) bond motifs is 1. The Hall–Kier alpha value is -3.45. The molecule has 0 saturated heterocycles. The molecule has 1 aliphatic heterocycles. The van der Waals surface area contributed by atoms with Crippen molar-refractivity contribution in [2.75, 3.05) is 12.0 Å². The van der Waals surface area contributed by atoms with E-state index in [0.717, 1.165) is 16.2 Å². The minimum Gasteiger partial charge on any atom is -0.497 e. The van der Waals surface area contributed by atoms with Crippen LogP contribution in [0.2, 0.25) is 0 Å². The van der Waals surface area contributed by atoms with Crippen molar-refractivity contribution in [3.63, 3.8) is 0 Å². The van der Waals surface area contributed by atoms with E-state index in [1.165, 1.54) is 7.11 Å². The van der Waals surface area contributed by atoms with E-state index in [0.29, 0.717) is 16.9 Å². The number of hydrogen-bond donors (Lipinski definition) is 1. The van der Waals surface area contributed by atoms with Gasteiger partial charge >= 0.3 is 5.97 Å². The molecule has 27 heavy (non-hydrogen) atoms. The normalized spacial score (nSPS) is 13.0. The van der Waals surface area contributed by atoms with Gasteiger partial charge in [0.25, 0.3) is 11.8 Å². The maximum Gasteiger partial charge on any atom is 0.339 e. The summed E-state index contributed by atoms with van der Waals surface area (Å²) in [7, 11) is 1.52. The van der Waals surface area contributed by atoms with Crippen LogP contribution in [0.25, 0.3) is 11.1 Å². The number of carbonyl (C=O) groups is 3. The van der Waals surface area contributed by atoms with E-state index in [-0.39, 0.29) is 21.7 Å². The quantitative estimate of drug-likeness (QED) is 0.695. The highest BCUT2D eigenvalue weighted by Crippen LogP contribution is 2.41. The van der Waals surface area contributed by atoms with Gasteiger partial charge in [-0.15, -0.1) is 11.3 Å². The van der Waals surface area contributed by atoms with Crippen molar-refractivity contribution in [1.82, 2.24) is 0 Å². The summed E-state index contributed by atoms with van der Waals surface area (Å²) in [5.74, 6) is -1.66. The molecule has 1 aromatic heterocycles. The molecule has 0 spiro atoms. The maximum atomic E-state index is 12.7. The van der Waals surface area contributed by atoms with Gasteiger partial charge in [0, 0.05) is 10.9 Å². The number of amides is 2. The SMILES string of the molecule is COc1cccc(-c2csc(N3C(=O)c4ccccc4C3=O)c2C(=O)O)c1.